The van der Waals surface area contributed by atoms with Gasteiger partial charge in [0.05, 0.1) is 5.25 Å². The number of carbonyl (C=O) groups excluding carboxylic acids is 1. The quantitative estimate of drug-likeness (QED) is 0.802. The number of amides is 1. The molecule has 1 amide bonds. The Balaban J connectivity index is 2.25. The minimum absolute atomic E-state index is 0.210. The third-order valence-electron chi connectivity index (χ3n) is 2.40. The van der Waals surface area contributed by atoms with E-state index in [1.807, 2.05) is 11.8 Å². The maximum Gasteiger partial charge on any atom is 0.233 e. The second-order valence-corrected chi connectivity index (χ2v) is 5.85. The van der Waals surface area contributed by atoms with Crippen LogP contribution in [0.5, 0.6) is 0 Å². The molecule has 14 heavy (non-hydrogen) atoms. The number of nitrogens with one attached hydrogen (secondary N) is 1. The number of thioether (sulfide) groups is 1. The van der Waals surface area contributed by atoms with Gasteiger partial charge in [-0.3, -0.25) is 4.79 Å². The van der Waals surface area contributed by atoms with Crippen molar-refractivity contribution in [2.45, 2.75) is 43.9 Å². The zero-order valence-corrected chi connectivity index (χ0v) is 11.0. The SMILES string of the molecule is CC(CCBr)NC(=O)C1CCCCS1. The summed E-state index contributed by atoms with van der Waals surface area (Å²) in [7, 11) is 0. The van der Waals surface area contributed by atoms with Gasteiger partial charge in [0, 0.05) is 11.4 Å². The van der Waals surface area contributed by atoms with Crippen LogP contribution in [0.2, 0.25) is 0 Å². The lowest BCUT2D eigenvalue weighted by Crippen LogP contribution is -2.39. The standard InChI is InChI=1S/C10H18BrNOS/c1-8(5-6-11)12-10(13)9-4-2-3-7-14-9/h8-9H,2-7H2,1H3,(H,12,13). The zero-order valence-electron chi connectivity index (χ0n) is 8.59. The van der Waals surface area contributed by atoms with Crippen LogP contribution in [0.25, 0.3) is 0 Å². The van der Waals surface area contributed by atoms with Gasteiger partial charge in [0.1, 0.15) is 0 Å². The van der Waals surface area contributed by atoms with Gasteiger partial charge in [-0.25, -0.2) is 0 Å². The van der Waals surface area contributed by atoms with Crippen molar-refractivity contribution in [3.8, 4) is 0 Å². The maximum absolute atomic E-state index is 11.7. The molecule has 82 valence electrons. The summed E-state index contributed by atoms with van der Waals surface area (Å²) in [6, 6.07) is 0.296. The molecule has 1 N–H and O–H groups in total. The Kier molecular flexibility index (Phi) is 5.94. The van der Waals surface area contributed by atoms with E-state index in [1.165, 1.54) is 12.8 Å². The number of halogens is 1. The molecule has 0 spiro atoms. The van der Waals surface area contributed by atoms with Gasteiger partial charge in [0.15, 0.2) is 0 Å². The van der Waals surface area contributed by atoms with Gasteiger partial charge in [-0.2, -0.15) is 0 Å². The van der Waals surface area contributed by atoms with Gasteiger partial charge >= 0.3 is 0 Å². The molecule has 0 aliphatic carbocycles. The molecule has 1 saturated heterocycles. The molecule has 1 aliphatic heterocycles. The van der Waals surface area contributed by atoms with Crippen LogP contribution in [0.1, 0.15) is 32.6 Å². The molecule has 0 aromatic rings. The van der Waals surface area contributed by atoms with E-state index in [2.05, 4.69) is 28.2 Å². The summed E-state index contributed by atoms with van der Waals surface area (Å²) in [6.45, 7) is 2.06. The highest BCUT2D eigenvalue weighted by molar-refractivity contribution is 9.09. The van der Waals surface area contributed by atoms with Crippen LogP contribution in [0, 0.1) is 0 Å². The fourth-order valence-electron chi connectivity index (χ4n) is 1.52. The van der Waals surface area contributed by atoms with Crippen LogP contribution in [0.15, 0.2) is 0 Å². The van der Waals surface area contributed by atoms with E-state index in [0.29, 0.717) is 6.04 Å². The molecule has 4 heteroatoms. The molecule has 2 atom stereocenters. The third kappa shape index (κ3) is 4.22. The lowest BCUT2D eigenvalue weighted by Gasteiger charge is -2.22. The van der Waals surface area contributed by atoms with Crippen LogP contribution in [-0.4, -0.2) is 28.3 Å². The molecule has 0 saturated carbocycles. The summed E-state index contributed by atoms with van der Waals surface area (Å²) in [5.41, 5.74) is 0. The van der Waals surface area contributed by atoms with Crippen molar-refractivity contribution in [3.05, 3.63) is 0 Å². The lowest BCUT2D eigenvalue weighted by atomic mass is 10.1. The van der Waals surface area contributed by atoms with Crippen molar-refractivity contribution in [1.82, 2.24) is 5.32 Å². The van der Waals surface area contributed by atoms with E-state index in [-0.39, 0.29) is 11.2 Å². The van der Waals surface area contributed by atoms with Gasteiger partial charge < -0.3 is 5.32 Å². The first-order valence-electron chi connectivity index (χ1n) is 5.22. The second kappa shape index (κ2) is 6.72. The van der Waals surface area contributed by atoms with E-state index in [1.54, 1.807) is 0 Å². The number of carbonyl (C=O) groups is 1. The van der Waals surface area contributed by atoms with E-state index in [4.69, 9.17) is 0 Å². The highest BCUT2D eigenvalue weighted by Gasteiger charge is 2.22. The molecule has 1 aliphatic rings. The Hall–Kier alpha value is 0.300. The highest BCUT2D eigenvalue weighted by Crippen LogP contribution is 2.25. The Bertz CT molecular complexity index is 183. The number of hydrogen-bond donors (Lipinski definition) is 1. The van der Waals surface area contributed by atoms with Crippen LogP contribution in [-0.2, 0) is 4.79 Å². The summed E-state index contributed by atoms with van der Waals surface area (Å²) >= 11 is 5.19. The molecule has 1 heterocycles. The van der Waals surface area contributed by atoms with Crippen molar-refractivity contribution in [2.24, 2.45) is 0 Å². The summed E-state index contributed by atoms with van der Waals surface area (Å²) in [6.07, 6.45) is 4.53. The molecule has 2 unspecified atom stereocenters. The molecular formula is C10H18BrNOS. The topological polar surface area (TPSA) is 29.1 Å². The maximum atomic E-state index is 11.7. The lowest BCUT2D eigenvalue weighted by molar-refractivity contribution is -0.121. The van der Waals surface area contributed by atoms with Crippen molar-refractivity contribution >= 4 is 33.6 Å². The predicted molar refractivity (Wildman–Crippen MR) is 66.1 cm³/mol. The van der Waals surface area contributed by atoms with E-state index in [9.17, 15) is 4.79 Å². The first-order chi connectivity index (χ1) is 6.74. The van der Waals surface area contributed by atoms with E-state index >= 15 is 0 Å². The van der Waals surface area contributed by atoms with Crippen LogP contribution in [0.4, 0.5) is 0 Å². The van der Waals surface area contributed by atoms with Crippen molar-refractivity contribution in [1.29, 1.82) is 0 Å². The Morgan fingerprint density at radius 2 is 2.43 bits per heavy atom. The number of hydrogen-bond acceptors (Lipinski definition) is 2. The first kappa shape index (κ1) is 12.4. The van der Waals surface area contributed by atoms with Gasteiger partial charge in [0.2, 0.25) is 5.91 Å². The van der Waals surface area contributed by atoms with Gasteiger partial charge in [-0.05, 0) is 31.9 Å². The van der Waals surface area contributed by atoms with Gasteiger partial charge in [-0.1, -0.05) is 22.4 Å². The molecule has 2 nitrogen and oxygen atoms in total. The largest absolute Gasteiger partial charge is 0.353 e. The molecule has 1 fully saturated rings. The minimum atomic E-state index is 0.210. The van der Waals surface area contributed by atoms with Gasteiger partial charge in [0.25, 0.3) is 0 Å². The molecular weight excluding hydrogens is 262 g/mol. The normalized spacial score (nSPS) is 24.3. The first-order valence-corrected chi connectivity index (χ1v) is 7.39. The predicted octanol–water partition coefficient (Wildman–Crippen LogP) is 2.56. The fraction of sp³-hybridized carbons (Fsp3) is 0.900. The van der Waals surface area contributed by atoms with Crippen molar-refractivity contribution in [2.75, 3.05) is 11.1 Å². The molecule has 0 aromatic carbocycles. The summed E-state index contributed by atoms with van der Waals surface area (Å²) < 4.78 is 0. The zero-order chi connectivity index (χ0) is 10.4. The Labute approximate surface area is 98.7 Å². The van der Waals surface area contributed by atoms with Crippen LogP contribution < -0.4 is 5.32 Å². The third-order valence-corrected chi connectivity index (χ3v) is 4.24. The average molecular weight is 280 g/mol. The number of alkyl halides is 1. The van der Waals surface area contributed by atoms with Crippen LogP contribution in [0.3, 0.4) is 0 Å². The van der Waals surface area contributed by atoms with Gasteiger partial charge in [-0.15, -0.1) is 11.8 Å². The minimum Gasteiger partial charge on any atom is -0.353 e. The molecule has 0 radical (unpaired) electrons. The highest BCUT2D eigenvalue weighted by atomic mass is 79.9. The summed E-state index contributed by atoms with van der Waals surface area (Å²) in [5, 5.41) is 4.22. The second-order valence-electron chi connectivity index (χ2n) is 3.74. The molecule has 1 rings (SSSR count). The van der Waals surface area contributed by atoms with Crippen LogP contribution >= 0.6 is 27.7 Å². The molecule has 0 bridgehead atoms. The fourth-order valence-corrected chi connectivity index (χ4v) is 3.41. The molecule has 0 aromatic heterocycles. The Morgan fingerprint density at radius 1 is 1.64 bits per heavy atom. The average Bonchev–Trinajstić information content (AvgIpc) is 2.19. The Morgan fingerprint density at radius 3 is 3.00 bits per heavy atom. The number of rotatable bonds is 4. The summed E-state index contributed by atoms with van der Waals surface area (Å²) in [5.74, 6) is 1.38. The smallest absolute Gasteiger partial charge is 0.233 e. The van der Waals surface area contributed by atoms with E-state index in [0.717, 1.165) is 23.9 Å². The van der Waals surface area contributed by atoms with Crippen molar-refractivity contribution in [3.63, 3.8) is 0 Å². The monoisotopic (exact) mass is 279 g/mol. The summed E-state index contributed by atoms with van der Waals surface area (Å²) in [4.78, 5) is 11.7. The van der Waals surface area contributed by atoms with E-state index < -0.39 is 0 Å². The van der Waals surface area contributed by atoms with Crippen molar-refractivity contribution < 1.29 is 4.79 Å².